The number of nitriles is 1. The van der Waals surface area contributed by atoms with Gasteiger partial charge in [0.2, 0.25) is 12.7 Å². The number of fused-ring (bicyclic) bond motifs is 2. The van der Waals surface area contributed by atoms with E-state index in [0.717, 1.165) is 0 Å². The molecule has 2 heterocycles. The van der Waals surface area contributed by atoms with Gasteiger partial charge in [-0.05, 0) is 23.8 Å². The molecule has 29 heavy (non-hydrogen) atoms. The zero-order valence-electron chi connectivity index (χ0n) is 15.3. The van der Waals surface area contributed by atoms with E-state index < -0.39 is 5.92 Å². The lowest BCUT2D eigenvalue weighted by Crippen LogP contribution is -2.21. The second-order valence-corrected chi connectivity index (χ2v) is 6.60. The molecule has 0 amide bonds. The molecule has 0 saturated carbocycles. The summed E-state index contributed by atoms with van der Waals surface area (Å²) in [6, 6.07) is 9.01. The number of rotatable bonds is 4. The molecule has 0 bridgehead atoms. The predicted molar refractivity (Wildman–Crippen MR) is 104 cm³/mol. The monoisotopic (exact) mass is 410 g/mol. The molecule has 0 radical (unpaired) electrons. The molecule has 146 valence electrons. The lowest BCUT2D eigenvalue weighted by Gasteiger charge is -2.27. The molecule has 8 heteroatoms. The van der Waals surface area contributed by atoms with Crippen LogP contribution in [-0.2, 0) is 0 Å². The zero-order chi connectivity index (χ0) is 20.5. The average Bonchev–Trinajstić information content (AvgIpc) is 3.17. The van der Waals surface area contributed by atoms with Crippen LogP contribution >= 0.6 is 11.6 Å². The summed E-state index contributed by atoms with van der Waals surface area (Å²) in [7, 11) is 1.49. The predicted octanol–water partition coefficient (Wildman–Crippen LogP) is 3.31. The molecule has 2 aliphatic heterocycles. The number of hydrogen-bond acceptors (Lipinski definition) is 7. The molecule has 4 rings (SSSR count). The van der Waals surface area contributed by atoms with E-state index in [-0.39, 0.29) is 24.9 Å². The van der Waals surface area contributed by atoms with E-state index in [1.807, 2.05) is 0 Å². The second kappa shape index (κ2) is 7.38. The van der Waals surface area contributed by atoms with Gasteiger partial charge in [0, 0.05) is 11.6 Å². The highest BCUT2D eigenvalue weighted by molar-refractivity contribution is 6.32. The normalized spacial score (nSPS) is 16.3. The van der Waals surface area contributed by atoms with Crippen LogP contribution < -0.4 is 29.4 Å². The molecule has 7 nitrogen and oxygen atoms in total. The largest absolute Gasteiger partial charge is 0.493 e. The van der Waals surface area contributed by atoms with Gasteiger partial charge >= 0.3 is 0 Å². The van der Waals surface area contributed by atoms with Crippen LogP contribution in [-0.4, -0.2) is 20.5 Å². The van der Waals surface area contributed by atoms with Crippen molar-refractivity contribution in [2.24, 2.45) is 5.73 Å². The maximum atomic E-state index is 9.74. The fraction of sp³-hybridized carbons (Fsp3) is 0.190. The molecule has 1 atom stereocenters. The van der Waals surface area contributed by atoms with Crippen LogP contribution in [0.2, 0.25) is 5.02 Å². The van der Waals surface area contributed by atoms with Crippen molar-refractivity contribution in [1.82, 2.24) is 0 Å². The van der Waals surface area contributed by atoms with Crippen molar-refractivity contribution >= 4 is 11.6 Å². The first-order valence-corrected chi connectivity index (χ1v) is 8.90. The van der Waals surface area contributed by atoms with Gasteiger partial charge in [0.25, 0.3) is 0 Å². The Bertz CT molecular complexity index is 1110. The van der Waals surface area contributed by atoms with Gasteiger partial charge in [0.15, 0.2) is 23.0 Å². The van der Waals surface area contributed by atoms with Gasteiger partial charge in [-0.1, -0.05) is 17.5 Å². The van der Waals surface area contributed by atoms with Crippen LogP contribution in [0.15, 0.2) is 35.7 Å². The van der Waals surface area contributed by atoms with Gasteiger partial charge in [0.05, 0.1) is 18.1 Å². The van der Waals surface area contributed by atoms with E-state index in [4.69, 9.17) is 47.4 Å². The highest BCUT2D eigenvalue weighted by atomic mass is 35.5. The summed E-state index contributed by atoms with van der Waals surface area (Å²) in [5.74, 6) is 4.12. The summed E-state index contributed by atoms with van der Waals surface area (Å²) in [6.45, 7) is 0.146. The van der Waals surface area contributed by atoms with E-state index >= 15 is 0 Å². The Kier molecular flexibility index (Phi) is 4.75. The molecule has 2 N–H and O–H groups in total. The third-order valence-electron chi connectivity index (χ3n) is 4.60. The smallest absolute Gasteiger partial charge is 0.231 e. The first-order chi connectivity index (χ1) is 14.1. The molecule has 0 saturated heterocycles. The second-order valence-electron chi connectivity index (χ2n) is 6.20. The third-order valence-corrected chi connectivity index (χ3v) is 4.88. The minimum Gasteiger partial charge on any atom is -0.493 e. The lowest BCUT2D eigenvalue weighted by molar-refractivity contribution is 0.174. The summed E-state index contributed by atoms with van der Waals surface area (Å²) in [5.41, 5.74) is 7.64. The van der Waals surface area contributed by atoms with Gasteiger partial charge in [-0.25, -0.2) is 0 Å². The quantitative estimate of drug-likeness (QED) is 0.772. The Labute approximate surface area is 172 Å². The van der Waals surface area contributed by atoms with Crippen molar-refractivity contribution < 1.29 is 23.7 Å². The standard InChI is InChI=1S/C21H15ClN2O5/c1-3-4-26-20-14(22)5-11(6-18(20)25-2)19-12-7-16-17(28-10-27-16)8-15(12)29-21(24)13(19)9-23/h1,5-8,19H,4,10,24H2,2H3/t19-/m0/s1. The van der Waals surface area contributed by atoms with Crippen molar-refractivity contribution in [1.29, 1.82) is 5.26 Å². The van der Waals surface area contributed by atoms with E-state index in [2.05, 4.69) is 12.0 Å². The summed E-state index contributed by atoms with van der Waals surface area (Å²) in [5, 5.41) is 10.0. The van der Waals surface area contributed by atoms with Crippen LogP contribution in [0, 0.1) is 23.7 Å². The van der Waals surface area contributed by atoms with Gasteiger partial charge in [-0.15, -0.1) is 6.42 Å². The number of ether oxygens (including phenoxy) is 5. The highest BCUT2D eigenvalue weighted by Gasteiger charge is 2.34. The van der Waals surface area contributed by atoms with Crippen LogP contribution in [0.3, 0.4) is 0 Å². The molecule has 2 aromatic carbocycles. The Balaban J connectivity index is 1.89. The third kappa shape index (κ3) is 3.12. The molecule has 2 aromatic rings. The molecule has 0 spiro atoms. The highest BCUT2D eigenvalue weighted by Crippen LogP contribution is 2.49. The summed E-state index contributed by atoms with van der Waals surface area (Å²) in [6.07, 6.45) is 5.26. The minimum absolute atomic E-state index is 0.00612. The molecule has 0 unspecified atom stereocenters. The van der Waals surface area contributed by atoms with Crippen molar-refractivity contribution in [3.8, 4) is 47.2 Å². The SMILES string of the molecule is C#CCOc1c(Cl)cc([C@@H]2C(C#N)=C(N)Oc3cc4c(cc32)OCO4)cc1OC. The molecule has 2 aliphatic rings. The van der Waals surface area contributed by atoms with E-state index in [0.29, 0.717) is 44.9 Å². The van der Waals surface area contributed by atoms with E-state index in [1.165, 1.54) is 7.11 Å². The Morgan fingerprint density at radius 1 is 1.24 bits per heavy atom. The van der Waals surface area contributed by atoms with Crippen LogP contribution in [0.4, 0.5) is 0 Å². The minimum atomic E-state index is -0.550. The average molecular weight is 411 g/mol. The number of hydrogen-bond donors (Lipinski definition) is 1. The van der Waals surface area contributed by atoms with E-state index in [1.54, 1.807) is 24.3 Å². The Morgan fingerprint density at radius 2 is 2.00 bits per heavy atom. The van der Waals surface area contributed by atoms with Crippen molar-refractivity contribution in [2.45, 2.75) is 5.92 Å². The number of terminal acetylenes is 1. The summed E-state index contributed by atoms with van der Waals surface area (Å²) in [4.78, 5) is 0. The van der Waals surface area contributed by atoms with E-state index in [9.17, 15) is 5.26 Å². The zero-order valence-corrected chi connectivity index (χ0v) is 16.1. The first kappa shape index (κ1) is 18.7. The maximum Gasteiger partial charge on any atom is 0.231 e. The van der Waals surface area contributed by atoms with Crippen LogP contribution in [0.1, 0.15) is 17.0 Å². The molecule has 0 fully saturated rings. The number of nitrogens with two attached hydrogens (primary N) is 1. The van der Waals surface area contributed by atoms with Gasteiger partial charge in [-0.3, -0.25) is 0 Å². The van der Waals surface area contributed by atoms with Gasteiger partial charge in [-0.2, -0.15) is 5.26 Å². The first-order valence-electron chi connectivity index (χ1n) is 8.52. The molecule has 0 aliphatic carbocycles. The Morgan fingerprint density at radius 3 is 2.69 bits per heavy atom. The van der Waals surface area contributed by atoms with Gasteiger partial charge in [0.1, 0.15) is 24.0 Å². The fourth-order valence-electron chi connectivity index (χ4n) is 3.35. The number of nitrogens with zero attached hydrogens (tertiary/aromatic N) is 1. The van der Waals surface area contributed by atoms with Crippen LogP contribution in [0.5, 0.6) is 28.7 Å². The van der Waals surface area contributed by atoms with Crippen LogP contribution in [0.25, 0.3) is 0 Å². The molecular weight excluding hydrogens is 396 g/mol. The number of benzene rings is 2. The molecule has 0 aromatic heterocycles. The van der Waals surface area contributed by atoms with Crippen molar-refractivity contribution in [2.75, 3.05) is 20.5 Å². The number of allylic oxidation sites excluding steroid dienone is 1. The number of halogens is 1. The fourth-order valence-corrected chi connectivity index (χ4v) is 3.62. The Hall–Kier alpha value is -3.68. The molecular formula is C21H15ClN2O5. The summed E-state index contributed by atoms with van der Waals surface area (Å²) < 4.78 is 27.5. The van der Waals surface area contributed by atoms with Crippen molar-refractivity contribution in [3.63, 3.8) is 0 Å². The number of methoxy groups -OCH3 is 1. The topological polar surface area (TPSA) is 96.0 Å². The van der Waals surface area contributed by atoms with Gasteiger partial charge < -0.3 is 29.4 Å². The maximum absolute atomic E-state index is 9.74. The lowest BCUT2D eigenvalue weighted by atomic mass is 9.83. The summed E-state index contributed by atoms with van der Waals surface area (Å²) >= 11 is 6.44. The van der Waals surface area contributed by atoms with Crippen molar-refractivity contribution in [3.05, 3.63) is 51.9 Å².